The molecule has 1 saturated heterocycles. The number of carbonyl (C=O) groups is 2. The number of fused-ring (bicyclic) bond motifs is 3. The fourth-order valence-corrected chi connectivity index (χ4v) is 3.94. The zero-order valence-electron chi connectivity index (χ0n) is 14.0. The Kier molecular flexibility index (Phi) is 3.12. The standard InChI is InChI=1S/C19H17N3O4/c23-17-19(13-3-1-2-4-14(13)21-17)7-8-22(10-19)18(24)20-12-5-6-15-16(9-12)26-11-25-15/h1-6,9H,7-8,10-11H2,(H,20,24)(H,21,23)/t19-/m0/s1. The second-order valence-electron chi connectivity index (χ2n) is 6.75. The third-order valence-electron chi connectivity index (χ3n) is 5.31. The second kappa shape index (κ2) is 5.39. The summed E-state index contributed by atoms with van der Waals surface area (Å²) < 4.78 is 10.6. The molecule has 5 rings (SSSR count). The molecule has 3 aliphatic rings. The summed E-state index contributed by atoms with van der Waals surface area (Å²) in [4.78, 5) is 27.0. The molecule has 0 bridgehead atoms. The smallest absolute Gasteiger partial charge is 0.321 e. The second-order valence-corrected chi connectivity index (χ2v) is 6.75. The van der Waals surface area contributed by atoms with Crippen LogP contribution in [0.15, 0.2) is 42.5 Å². The number of ether oxygens (including phenoxy) is 2. The van der Waals surface area contributed by atoms with E-state index in [1.54, 1.807) is 23.1 Å². The predicted octanol–water partition coefficient (Wildman–Crippen LogP) is 2.54. The summed E-state index contributed by atoms with van der Waals surface area (Å²) >= 11 is 0. The molecule has 3 aliphatic heterocycles. The van der Waals surface area contributed by atoms with Crippen molar-refractivity contribution in [2.75, 3.05) is 30.5 Å². The molecule has 2 N–H and O–H groups in total. The SMILES string of the molecule is O=C(Nc1ccc2c(c1)OCO2)N1CC[C@@]2(C1)C(=O)Nc1ccccc12. The van der Waals surface area contributed by atoms with Crippen LogP contribution in [0.5, 0.6) is 11.5 Å². The van der Waals surface area contributed by atoms with Crippen molar-refractivity contribution in [2.45, 2.75) is 11.8 Å². The highest BCUT2D eigenvalue weighted by molar-refractivity contribution is 6.07. The average molecular weight is 351 g/mol. The molecular formula is C19H17N3O4. The van der Waals surface area contributed by atoms with E-state index >= 15 is 0 Å². The molecule has 1 atom stereocenters. The van der Waals surface area contributed by atoms with Gasteiger partial charge in [0, 0.05) is 30.5 Å². The van der Waals surface area contributed by atoms with Gasteiger partial charge in [-0.2, -0.15) is 0 Å². The van der Waals surface area contributed by atoms with Crippen molar-refractivity contribution in [1.29, 1.82) is 0 Å². The van der Waals surface area contributed by atoms with Crippen LogP contribution in [-0.2, 0) is 10.2 Å². The van der Waals surface area contributed by atoms with E-state index in [1.165, 1.54) is 0 Å². The Bertz CT molecular complexity index is 929. The van der Waals surface area contributed by atoms with Crippen LogP contribution in [0, 0.1) is 0 Å². The summed E-state index contributed by atoms with van der Waals surface area (Å²) in [5.41, 5.74) is 1.80. The predicted molar refractivity (Wildman–Crippen MR) is 94.5 cm³/mol. The Hall–Kier alpha value is -3.22. The van der Waals surface area contributed by atoms with Gasteiger partial charge in [0.2, 0.25) is 12.7 Å². The van der Waals surface area contributed by atoms with E-state index in [0.717, 1.165) is 11.3 Å². The van der Waals surface area contributed by atoms with Crippen LogP contribution in [0.2, 0.25) is 0 Å². The normalized spacial score (nSPS) is 22.5. The van der Waals surface area contributed by atoms with Crippen molar-refractivity contribution in [3.05, 3.63) is 48.0 Å². The first-order valence-electron chi connectivity index (χ1n) is 8.52. The molecule has 26 heavy (non-hydrogen) atoms. The molecule has 0 saturated carbocycles. The van der Waals surface area contributed by atoms with Gasteiger partial charge in [-0.3, -0.25) is 4.79 Å². The molecule has 3 amide bonds. The molecule has 0 unspecified atom stereocenters. The van der Waals surface area contributed by atoms with Crippen LogP contribution in [0.3, 0.4) is 0 Å². The number of benzene rings is 2. The number of nitrogens with one attached hydrogen (secondary N) is 2. The third kappa shape index (κ3) is 2.13. The van der Waals surface area contributed by atoms with Gasteiger partial charge in [0.25, 0.3) is 0 Å². The van der Waals surface area contributed by atoms with Crippen LogP contribution in [-0.4, -0.2) is 36.7 Å². The first-order chi connectivity index (χ1) is 12.7. The van der Waals surface area contributed by atoms with Gasteiger partial charge in [-0.25, -0.2) is 4.79 Å². The van der Waals surface area contributed by atoms with Gasteiger partial charge in [-0.1, -0.05) is 18.2 Å². The lowest BCUT2D eigenvalue weighted by atomic mass is 9.81. The zero-order valence-corrected chi connectivity index (χ0v) is 14.0. The summed E-state index contributed by atoms with van der Waals surface area (Å²) in [6, 6.07) is 12.7. The van der Waals surface area contributed by atoms with E-state index < -0.39 is 5.41 Å². The van der Waals surface area contributed by atoms with E-state index in [-0.39, 0.29) is 18.7 Å². The minimum Gasteiger partial charge on any atom is -0.454 e. The molecule has 132 valence electrons. The minimum absolute atomic E-state index is 0.0305. The highest BCUT2D eigenvalue weighted by Crippen LogP contribution is 2.44. The topological polar surface area (TPSA) is 79.9 Å². The molecule has 7 heteroatoms. The fourth-order valence-electron chi connectivity index (χ4n) is 3.94. The maximum Gasteiger partial charge on any atom is 0.321 e. The van der Waals surface area contributed by atoms with E-state index in [4.69, 9.17) is 9.47 Å². The van der Waals surface area contributed by atoms with Crippen LogP contribution in [0.4, 0.5) is 16.2 Å². The van der Waals surface area contributed by atoms with Crippen molar-refractivity contribution in [1.82, 2.24) is 4.90 Å². The van der Waals surface area contributed by atoms with Crippen molar-refractivity contribution >= 4 is 23.3 Å². The minimum atomic E-state index is -0.650. The number of para-hydroxylation sites is 1. The Labute approximate surface area is 149 Å². The first kappa shape index (κ1) is 15.1. The Morgan fingerprint density at radius 3 is 2.92 bits per heavy atom. The van der Waals surface area contributed by atoms with Crippen LogP contribution >= 0.6 is 0 Å². The quantitative estimate of drug-likeness (QED) is 0.827. The van der Waals surface area contributed by atoms with Gasteiger partial charge in [0.05, 0.1) is 5.41 Å². The van der Waals surface area contributed by atoms with Crippen LogP contribution < -0.4 is 20.1 Å². The van der Waals surface area contributed by atoms with E-state index in [1.807, 2.05) is 24.3 Å². The molecule has 1 spiro atoms. The van der Waals surface area contributed by atoms with Crippen LogP contribution in [0.25, 0.3) is 0 Å². The maximum atomic E-state index is 12.7. The monoisotopic (exact) mass is 351 g/mol. The molecular weight excluding hydrogens is 334 g/mol. The number of likely N-dealkylation sites (tertiary alicyclic amines) is 1. The Morgan fingerprint density at radius 2 is 2.00 bits per heavy atom. The highest BCUT2D eigenvalue weighted by Gasteiger charge is 2.51. The van der Waals surface area contributed by atoms with Crippen molar-refractivity contribution < 1.29 is 19.1 Å². The summed E-state index contributed by atoms with van der Waals surface area (Å²) in [5, 5.41) is 5.82. The first-order valence-corrected chi connectivity index (χ1v) is 8.52. The van der Waals surface area contributed by atoms with E-state index in [0.29, 0.717) is 36.7 Å². The molecule has 3 heterocycles. The Morgan fingerprint density at radius 1 is 1.15 bits per heavy atom. The number of urea groups is 1. The summed E-state index contributed by atoms with van der Waals surface area (Å²) in [5.74, 6) is 1.25. The number of carbonyl (C=O) groups excluding carboxylic acids is 2. The van der Waals surface area contributed by atoms with Gasteiger partial charge in [-0.05, 0) is 30.2 Å². The van der Waals surface area contributed by atoms with Gasteiger partial charge < -0.3 is 25.0 Å². The number of amides is 3. The summed E-state index contributed by atoms with van der Waals surface area (Å²) in [6.07, 6.45) is 0.615. The zero-order chi connectivity index (χ0) is 17.7. The number of rotatable bonds is 1. The van der Waals surface area contributed by atoms with Crippen molar-refractivity contribution in [3.8, 4) is 11.5 Å². The molecule has 0 aromatic heterocycles. The largest absolute Gasteiger partial charge is 0.454 e. The van der Waals surface area contributed by atoms with Crippen molar-refractivity contribution in [3.63, 3.8) is 0 Å². The van der Waals surface area contributed by atoms with Gasteiger partial charge in [0.1, 0.15) is 0 Å². The lowest BCUT2D eigenvalue weighted by Gasteiger charge is -2.22. The fraction of sp³-hybridized carbons (Fsp3) is 0.263. The lowest BCUT2D eigenvalue weighted by molar-refractivity contribution is -0.120. The molecule has 1 fully saturated rings. The van der Waals surface area contributed by atoms with E-state index in [9.17, 15) is 9.59 Å². The van der Waals surface area contributed by atoms with Crippen LogP contribution in [0.1, 0.15) is 12.0 Å². The van der Waals surface area contributed by atoms with Gasteiger partial charge >= 0.3 is 6.03 Å². The molecule has 2 aromatic rings. The van der Waals surface area contributed by atoms with Gasteiger partial charge in [0.15, 0.2) is 11.5 Å². The maximum absolute atomic E-state index is 12.7. The third-order valence-corrected chi connectivity index (χ3v) is 5.31. The lowest BCUT2D eigenvalue weighted by Crippen LogP contribution is -2.40. The number of anilines is 2. The molecule has 7 nitrogen and oxygen atoms in total. The molecule has 2 aromatic carbocycles. The summed E-state index contributed by atoms with van der Waals surface area (Å²) in [7, 11) is 0. The average Bonchev–Trinajstić information content (AvgIpc) is 3.35. The Balaban J connectivity index is 1.35. The highest BCUT2D eigenvalue weighted by atomic mass is 16.7. The molecule has 0 radical (unpaired) electrons. The number of nitrogens with zero attached hydrogens (tertiary/aromatic N) is 1. The van der Waals surface area contributed by atoms with Crippen molar-refractivity contribution in [2.24, 2.45) is 0 Å². The van der Waals surface area contributed by atoms with E-state index in [2.05, 4.69) is 10.6 Å². The molecule has 0 aliphatic carbocycles. The number of hydrogen-bond donors (Lipinski definition) is 2. The number of hydrogen-bond acceptors (Lipinski definition) is 4. The summed E-state index contributed by atoms with van der Waals surface area (Å²) in [6.45, 7) is 1.08. The van der Waals surface area contributed by atoms with Gasteiger partial charge in [-0.15, -0.1) is 0 Å².